The highest BCUT2D eigenvalue weighted by atomic mass is 79.9. The van der Waals surface area contributed by atoms with Gasteiger partial charge in [-0.2, -0.15) is 0 Å². The lowest BCUT2D eigenvalue weighted by Gasteiger charge is -2.32. The molecular formula is C29H29BrFN3O3. The Kier molecular flexibility index (Phi) is 8.07. The Hall–Kier alpha value is -3.52. The number of benzene rings is 3. The van der Waals surface area contributed by atoms with Crippen molar-refractivity contribution in [1.29, 1.82) is 0 Å². The van der Waals surface area contributed by atoms with Crippen LogP contribution in [0.15, 0.2) is 65.1 Å². The Morgan fingerprint density at radius 3 is 2.27 bits per heavy atom. The van der Waals surface area contributed by atoms with Crippen LogP contribution in [-0.2, 0) is 0 Å². The Morgan fingerprint density at radius 1 is 0.973 bits per heavy atom. The quantitative estimate of drug-likeness (QED) is 0.420. The summed E-state index contributed by atoms with van der Waals surface area (Å²) in [6, 6.07) is 17.6. The molecule has 1 heterocycles. The Morgan fingerprint density at radius 2 is 1.62 bits per heavy atom. The van der Waals surface area contributed by atoms with Crippen LogP contribution in [-0.4, -0.2) is 54.7 Å². The summed E-state index contributed by atoms with van der Waals surface area (Å²) >= 11 is 3.27. The smallest absolute Gasteiger partial charge is 0.258 e. The van der Waals surface area contributed by atoms with E-state index in [1.54, 1.807) is 51.4 Å². The van der Waals surface area contributed by atoms with E-state index in [4.69, 9.17) is 0 Å². The van der Waals surface area contributed by atoms with Crippen LogP contribution in [0.4, 0.5) is 10.1 Å². The number of halogens is 2. The van der Waals surface area contributed by atoms with Gasteiger partial charge in [-0.1, -0.05) is 34.1 Å². The second-order valence-electron chi connectivity index (χ2n) is 9.46. The number of rotatable bonds is 5. The predicted octanol–water partition coefficient (Wildman–Crippen LogP) is 5.87. The van der Waals surface area contributed by atoms with Gasteiger partial charge in [-0.15, -0.1) is 0 Å². The molecule has 3 aromatic rings. The van der Waals surface area contributed by atoms with E-state index in [2.05, 4.69) is 21.2 Å². The maximum Gasteiger partial charge on any atom is 0.258 e. The molecule has 192 valence electrons. The van der Waals surface area contributed by atoms with E-state index < -0.39 is 11.7 Å². The molecule has 0 unspecified atom stereocenters. The van der Waals surface area contributed by atoms with E-state index in [1.807, 2.05) is 29.2 Å². The number of likely N-dealkylation sites (tertiary alicyclic amines) is 1. The van der Waals surface area contributed by atoms with Gasteiger partial charge in [0.25, 0.3) is 17.7 Å². The summed E-state index contributed by atoms with van der Waals surface area (Å²) in [7, 11) is 3.37. The number of nitrogens with zero attached hydrogens (tertiary/aromatic N) is 2. The normalized spacial score (nSPS) is 13.8. The van der Waals surface area contributed by atoms with Crippen LogP contribution in [0, 0.1) is 12.7 Å². The zero-order valence-electron chi connectivity index (χ0n) is 21.1. The summed E-state index contributed by atoms with van der Waals surface area (Å²) in [6.45, 7) is 2.86. The fraction of sp³-hybridized carbons (Fsp3) is 0.276. The topological polar surface area (TPSA) is 69.7 Å². The molecule has 8 heteroatoms. The monoisotopic (exact) mass is 565 g/mol. The van der Waals surface area contributed by atoms with Crippen molar-refractivity contribution < 1.29 is 18.8 Å². The van der Waals surface area contributed by atoms with Crippen LogP contribution in [0.5, 0.6) is 0 Å². The maximum absolute atomic E-state index is 14.5. The van der Waals surface area contributed by atoms with Crippen LogP contribution >= 0.6 is 15.9 Å². The van der Waals surface area contributed by atoms with Gasteiger partial charge in [0.1, 0.15) is 5.82 Å². The van der Waals surface area contributed by atoms with Crippen LogP contribution in [0.3, 0.4) is 0 Å². The van der Waals surface area contributed by atoms with Gasteiger partial charge in [0, 0.05) is 48.5 Å². The third-order valence-electron chi connectivity index (χ3n) is 6.75. The van der Waals surface area contributed by atoms with Crippen molar-refractivity contribution in [3.05, 3.63) is 98.8 Å². The number of nitrogens with one attached hydrogen (secondary N) is 1. The van der Waals surface area contributed by atoms with E-state index in [9.17, 15) is 18.8 Å². The number of anilines is 1. The molecule has 1 aliphatic heterocycles. The van der Waals surface area contributed by atoms with Gasteiger partial charge in [0.05, 0.1) is 5.56 Å². The summed E-state index contributed by atoms with van der Waals surface area (Å²) < 4.78 is 15.1. The second kappa shape index (κ2) is 11.3. The fourth-order valence-corrected chi connectivity index (χ4v) is 4.82. The second-order valence-corrected chi connectivity index (χ2v) is 10.3. The number of piperidine rings is 1. The summed E-state index contributed by atoms with van der Waals surface area (Å²) in [5.41, 5.74) is 3.13. The van der Waals surface area contributed by atoms with Crippen molar-refractivity contribution >= 4 is 39.3 Å². The maximum atomic E-state index is 14.5. The Labute approximate surface area is 224 Å². The van der Waals surface area contributed by atoms with Crippen molar-refractivity contribution in [3.63, 3.8) is 0 Å². The van der Waals surface area contributed by atoms with E-state index in [0.29, 0.717) is 45.9 Å². The summed E-state index contributed by atoms with van der Waals surface area (Å²) in [4.78, 5) is 41.2. The third kappa shape index (κ3) is 5.91. The molecule has 0 spiro atoms. The lowest BCUT2D eigenvalue weighted by molar-refractivity contribution is 0.0713. The minimum Gasteiger partial charge on any atom is -0.345 e. The van der Waals surface area contributed by atoms with E-state index in [0.717, 1.165) is 18.4 Å². The third-order valence-corrected chi connectivity index (χ3v) is 7.61. The molecule has 0 atom stereocenters. The molecule has 3 aromatic carbocycles. The average molecular weight is 566 g/mol. The lowest BCUT2D eigenvalue weighted by Crippen LogP contribution is -2.38. The number of hydrogen-bond acceptors (Lipinski definition) is 3. The molecule has 37 heavy (non-hydrogen) atoms. The van der Waals surface area contributed by atoms with Gasteiger partial charge in [0.2, 0.25) is 0 Å². The lowest BCUT2D eigenvalue weighted by atomic mass is 9.89. The van der Waals surface area contributed by atoms with Crippen molar-refractivity contribution in [1.82, 2.24) is 9.80 Å². The van der Waals surface area contributed by atoms with Crippen LogP contribution in [0.2, 0.25) is 0 Å². The number of hydrogen-bond donors (Lipinski definition) is 1. The standard InChI is InChI=1S/C29H29BrFN3O3/c1-18-25(30)12-11-24(26(18)31)27(35)32-23-9-7-19(8-10-23)20-13-15-34(16-14-20)29(37)22-6-4-5-21(17-22)28(36)33(2)3/h4-12,17,20H,13-16H2,1-3H3,(H,32,35). The van der Waals surface area contributed by atoms with Crippen molar-refractivity contribution in [2.75, 3.05) is 32.5 Å². The molecule has 3 amide bonds. The SMILES string of the molecule is Cc1c(Br)ccc(C(=O)Nc2ccc(C3CCN(C(=O)c4cccc(C(=O)N(C)C)c4)CC3)cc2)c1F. The molecule has 1 N–H and O–H groups in total. The molecule has 1 fully saturated rings. The van der Waals surface area contributed by atoms with Crippen molar-refractivity contribution in [2.24, 2.45) is 0 Å². The van der Waals surface area contributed by atoms with Gasteiger partial charge in [0.15, 0.2) is 0 Å². The molecule has 1 aliphatic rings. The Balaban J connectivity index is 1.35. The zero-order valence-corrected chi connectivity index (χ0v) is 22.6. The molecule has 0 saturated carbocycles. The van der Waals surface area contributed by atoms with Crippen molar-refractivity contribution in [3.8, 4) is 0 Å². The first-order chi connectivity index (χ1) is 17.7. The number of carbonyl (C=O) groups is 3. The van der Waals surface area contributed by atoms with E-state index in [-0.39, 0.29) is 17.4 Å². The first kappa shape index (κ1) is 26.5. The Bertz CT molecular complexity index is 1330. The van der Waals surface area contributed by atoms with Gasteiger partial charge in [-0.05, 0) is 79.3 Å². The minimum absolute atomic E-state index is 0.00145. The first-order valence-corrected chi connectivity index (χ1v) is 12.9. The van der Waals surface area contributed by atoms with Crippen LogP contribution in [0.1, 0.15) is 61.0 Å². The predicted molar refractivity (Wildman–Crippen MR) is 146 cm³/mol. The largest absolute Gasteiger partial charge is 0.345 e. The van der Waals surface area contributed by atoms with Crippen molar-refractivity contribution in [2.45, 2.75) is 25.7 Å². The molecule has 0 radical (unpaired) electrons. The molecule has 0 aliphatic carbocycles. The molecule has 6 nitrogen and oxygen atoms in total. The summed E-state index contributed by atoms with van der Waals surface area (Å²) in [6.07, 6.45) is 1.63. The summed E-state index contributed by atoms with van der Waals surface area (Å²) in [5.74, 6) is -0.947. The number of carbonyl (C=O) groups excluding carboxylic acids is 3. The molecule has 0 aromatic heterocycles. The van der Waals surface area contributed by atoms with Gasteiger partial charge in [-0.3, -0.25) is 14.4 Å². The van der Waals surface area contributed by atoms with Gasteiger partial charge >= 0.3 is 0 Å². The average Bonchev–Trinajstić information content (AvgIpc) is 2.91. The highest BCUT2D eigenvalue weighted by Crippen LogP contribution is 2.30. The minimum atomic E-state index is -0.541. The van der Waals surface area contributed by atoms with Crippen LogP contribution in [0.25, 0.3) is 0 Å². The highest BCUT2D eigenvalue weighted by molar-refractivity contribution is 9.10. The number of amides is 3. The van der Waals surface area contributed by atoms with Gasteiger partial charge < -0.3 is 15.1 Å². The molecule has 4 rings (SSSR count). The van der Waals surface area contributed by atoms with Gasteiger partial charge in [-0.25, -0.2) is 4.39 Å². The molecular weight excluding hydrogens is 537 g/mol. The van der Waals surface area contributed by atoms with E-state index in [1.165, 1.54) is 11.0 Å². The highest BCUT2D eigenvalue weighted by Gasteiger charge is 2.25. The fourth-order valence-electron chi connectivity index (χ4n) is 4.52. The first-order valence-electron chi connectivity index (χ1n) is 12.1. The summed E-state index contributed by atoms with van der Waals surface area (Å²) in [5, 5.41) is 2.76. The zero-order chi connectivity index (χ0) is 26.7. The van der Waals surface area contributed by atoms with E-state index >= 15 is 0 Å². The molecule has 1 saturated heterocycles. The van der Waals surface area contributed by atoms with Crippen LogP contribution < -0.4 is 5.32 Å². The molecule has 0 bridgehead atoms.